The second-order valence-electron chi connectivity index (χ2n) is 5.88. The Kier molecular flexibility index (Phi) is 4.45. The average Bonchev–Trinajstić information content (AvgIpc) is 2.99. The Morgan fingerprint density at radius 3 is 2.74 bits per heavy atom. The lowest BCUT2D eigenvalue weighted by Crippen LogP contribution is -2.55. The normalized spacial score (nSPS) is 34.4. The molecule has 1 heterocycles. The van der Waals surface area contributed by atoms with Gasteiger partial charge in [-0.1, -0.05) is 13.3 Å². The number of carbonyl (C=O) groups excluding carboxylic acids is 1. The summed E-state index contributed by atoms with van der Waals surface area (Å²) < 4.78 is 0. The van der Waals surface area contributed by atoms with Crippen molar-refractivity contribution in [3.05, 3.63) is 0 Å². The zero-order valence-corrected chi connectivity index (χ0v) is 11.6. The molecule has 2 fully saturated rings. The van der Waals surface area contributed by atoms with Crippen molar-refractivity contribution in [2.45, 2.75) is 63.5 Å². The number of hydrogen-bond donors (Lipinski definition) is 3. The molecule has 1 aliphatic heterocycles. The molecule has 0 aromatic carbocycles. The molecule has 5 heteroatoms. The van der Waals surface area contributed by atoms with Gasteiger partial charge < -0.3 is 15.7 Å². The van der Waals surface area contributed by atoms with Gasteiger partial charge in [-0.15, -0.1) is 0 Å². The van der Waals surface area contributed by atoms with E-state index in [1.807, 2.05) is 0 Å². The molecule has 0 bridgehead atoms. The number of aliphatic carboxylic acids is 1. The molecule has 2 rings (SSSR count). The van der Waals surface area contributed by atoms with E-state index in [2.05, 4.69) is 17.6 Å². The molecule has 0 aromatic rings. The largest absolute Gasteiger partial charge is 0.481 e. The highest BCUT2D eigenvalue weighted by Gasteiger charge is 2.41. The first-order valence-corrected chi connectivity index (χ1v) is 7.36. The minimum absolute atomic E-state index is 0.0322. The van der Waals surface area contributed by atoms with Gasteiger partial charge in [0, 0.05) is 6.04 Å². The Balaban J connectivity index is 1.91. The molecule has 0 spiro atoms. The maximum absolute atomic E-state index is 12.5. The van der Waals surface area contributed by atoms with Crippen molar-refractivity contribution in [2.75, 3.05) is 6.54 Å². The number of amides is 1. The lowest BCUT2D eigenvalue weighted by atomic mass is 9.90. The smallest absolute Gasteiger partial charge is 0.306 e. The van der Waals surface area contributed by atoms with E-state index in [4.69, 9.17) is 5.11 Å². The molecule has 1 saturated carbocycles. The number of carboxylic acids is 1. The standard InChI is InChI=1S/C14H24N2O3/c1-2-6-14(7-3-8-15-14)13(19)16-11-5-4-10(9-11)12(17)18/h10-11,15H,2-9H2,1H3,(H,16,19)(H,17,18)/t10-,11+,14?/m1/s1. The van der Waals surface area contributed by atoms with Gasteiger partial charge in [0.05, 0.1) is 11.5 Å². The highest BCUT2D eigenvalue weighted by atomic mass is 16.4. The monoisotopic (exact) mass is 268 g/mol. The van der Waals surface area contributed by atoms with Crippen LogP contribution in [0.5, 0.6) is 0 Å². The van der Waals surface area contributed by atoms with Gasteiger partial charge in [-0.25, -0.2) is 0 Å². The summed E-state index contributed by atoms with van der Waals surface area (Å²) in [5.74, 6) is -0.953. The number of carboxylic acid groups (broad SMARTS) is 1. The molecule has 3 N–H and O–H groups in total. The fourth-order valence-electron chi connectivity index (χ4n) is 3.41. The first kappa shape index (κ1) is 14.3. The third kappa shape index (κ3) is 3.08. The topological polar surface area (TPSA) is 78.4 Å². The van der Waals surface area contributed by atoms with Crippen LogP contribution in [0.2, 0.25) is 0 Å². The molecule has 1 unspecified atom stereocenters. The van der Waals surface area contributed by atoms with Crippen molar-refractivity contribution in [1.82, 2.24) is 10.6 Å². The fraction of sp³-hybridized carbons (Fsp3) is 0.857. The fourth-order valence-corrected chi connectivity index (χ4v) is 3.41. The van der Waals surface area contributed by atoms with Crippen LogP contribution in [0.3, 0.4) is 0 Å². The zero-order chi connectivity index (χ0) is 13.9. The Hall–Kier alpha value is -1.10. The number of carbonyl (C=O) groups is 2. The first-order chi connectivity index (χ1) is 9.07. The Bertz CT molecular complexity index is 351. The van der Waals surface area contributed by atoms with Crippen LogP contribution in [0.4, 0.5) is 0 Å². The van der Waals surface area contributed by atoms with E-state index in [0.717, 1.165) is 38.6 Å². The SMILES string of the molecule is CCCC1(C(=O)N[C@H]2CC[C@@H](C(=O)O)C2)CCCN1. The molecule has 2 aliphatic rings. The van der Waals surface area contributed by atoms with Crippen LogP contribution in [0.1, 0.15) is 51.9 Å². The van der Waals surface area contributed by atoms with Gasteiger partial charge in [0.25, 0.3) is 0 Å². The van der Waals surface area contributed by atoms with Crippen LogP contribution in [-0.4, -0.2) is 35.1 Å². The average molecular weight is 268 g/mol. The zero-order valence-electron chi connectivity index (χ0n) is 11.6. The van der Waals surface area contributed by atoms with E-state index in [1.54, 1.807) is 0 Å². The van der Waals surface area contributed by atoms with E-state index >= 15 is 0 Å². The van der Waals surface area contributed by atoms with Crippen molar-refractivity contribution in [2.24, 2.45) is 5.92 Å². The van der Waals surface area contributed by atoms with E-state index in [1.165, 1.54) is 0 Å². The highest BCUT2D eigenvalue weighted by Crippen LogP contribution is 2.29. The molecule has 0 aromatic heterocycles. The maximum atomic E-state index is 12.5. The minimum Gasteiger partial charge on any atom is -0.481 e. The molecular formula is C14H24N2O3. The Labute approximate surface area is 114 Å². The van der Waals surface area contributed by atoms with Crippen LogP contribution in [0.15, 0.2) is 0 Å². The van der Waals surface area contributed by atoms with Gasteiger partial charge in [0.15, 0.2) is 0 Å². The summed E-state index contributed by atoms with van der Waals surface area (Å²) in [6, 6.07) is 0.0322. The summed E-state index contributed by atoms with van der Waals surface area (Å²) >= 11 is 0. The van der Waals surface area contributed by atoms with Gasteiger partial charge >= 0.3 is 5.97 Å². The van der Waals surface area contributed by atoms with Crippen LogP contribution < -0.4 is 10.6 Å². The molecule has 108 valence electrons. The third-order valence-corrected chi connectivity index (χ3v) is 4.47. The van der Waals surface area contributed by atoms with Gasteiger partial charge in [-0.3, -0.25) is 9.59 Å². The number of nitrogens with one attached hydrogen (secondary N) is 2. The predicted molar refractivity (Wildman–Crippen MR) is 71.8 cm³/mol. The second-order valence-corrected chi connectivity index (χ2v) is 5.88. The number of rotatable bonds is 5. The lowest BCUT2D eigenvalue weighted by Gasteiger charge is -2.29. The minimum atomic E-state index is -0.737. The van der Waals surface area contributed by atoms with Crippen molar-refractivity contribution in [3.8, 4) is 0 Å². The van der Waals surface area contributed by atoms with E-state index in [9.17, 15) is 9.59 Å². The second kappa shape index (κ2) is 5.90. The molecule has 1 amide bonds. The highest BCUT2D eigenvalue weighted by molar-refractivity contribution is 5.87. The molecule has 1 saturated heterocycles. The molecule has 1 aliphatic carbocycles. The van der Waals surface area contributed by atoms with Crippen molar-refractivity contribution in [1.29, 1.82) is 0 Å². The summed E-state index contributed by atoms with van der Waals surface area (Å²) in [6.07, 6.45) is 5.79. The van der Waals surface area contributed by atoms with E-state index < -0.39 is 11.5 Å². The van der Waals surface area contributed by atoms with Gasteiger partial charge in [0.1, 0.15) is 0 Å². The maximum Gasteiger partial charge on any atom is 0.306 e. The quantitative estimate of drug-likeness (QED) is 0.702. The van der Waals surface area contributed by atoms with Crippen molar-refractivity contribution < 1.29 is 14.7 Å². The molecule has 3 atom stereocenters. The molecule has 0 radical (unpaired) electrons. The van der Waals surface area contributed by atoms with E-state index in [-0.39, 0.29) is 17.9 Å². The number of hydrogen-bond acceptors (Lipinski definition) is 3. The predicted octanol–water partition coefficient (Wildman–Crippen LogP) is 1.28. The summed E-state index contributed by atoms with van der Waals surface area (Å²) in [4.78, 5) is 23.4. The van der Waals surface area contributed by atoms with Gasteiger partial charge in [0.2, 0.25) is 5.91 Å². The van der Waals surface area contributed by atoms with Crippen LogP contribution in [0.25, 0.3) is 0 Å². The van der Waals surface area contributed by atoms with Crippen LogP contribution in [0, 0.1) is 5.92 Å². The third-order valence-electron chi connectivity index (χ3n) is 4.47. The van der Waals surface area contributed by atoms with Crippen molar-refractivity contribution in [3.63, 3.8) is 0 Å². The molecular weight excluding hydrogens is 244 g/mol. The van der Waals surface area contributed by atoms with Gasteiger partial charge in [-0.05, 0) is 45.1 Å². The van der Waals surface area contributed by atoms with Crippen LogP contribution >= 0.6 is 0 Å². The van der Waals surface area contributed by atoms with E-state index in [0.29, 0.717) is 12.8 Å². The lowest BCUT2D eigenvalue weighted by molar-refractivity contribution is -0.141. The summed E-state index contributed by atoms with van der Waals surface area (Å²) in [5.41, 5.74) is -0.407. The molecule has 19 heavy (non-hydrogen) atoms. The van der Waals surface area contributed by atoms with Gasteiger partial charge in [-0.2, -0.15) is 0 Å². The van der Waals surface area contributed by atoms with Crippen molar-refractivity contribution >= 4 is 11.9 Å². The molecule has 5 nitrogen and oxygen atoms in total. The Morgan fingerprint density at radius 1 is 1.42 bits per heavy atom. The summed E-state index contributed by atoms with van der Waals surface area (Å²) in [6.45, 7) is 2.99. The summed E-state index contributed by atoms with van der Waals surface area (Å²) in [7, 11) is 0. The van der Waals surface area contributed by atoms with Crippen LogP contribution in [-0.2, 0) is 9.59 Å². The Morgan fingerprint density at radius 2 is 2.21 bits per heavy atom. The summed E-state index contributed by atoms with van der Waals surface area (Å²) in [5, 5.41) is 15.4. The first-order valence-electron chi connectivity index (χ1n) is 7.36.